The summed E-state index contributed by atoms with van der Waals surface area (Å²) in [5.74, 6) is -2.70. The summed E-state index contributed by atoms with van der Waals surface area (Å²) in [5.41, 5.74) is -4.27. The van der Waals surface area contributed by atoms with Crippen LogP contribution in [0.25, 0.3) is 0 Å². The van der Waals surface area contributed by atoms with Crippen LogP contribution >= 0.6 is 34.8 Å². The number of hydrogen-bond acceptors (Lipinski definition) is 5. The lowest BCUT2D eigenvalue weighted by molar-refractivity contribution is -0.152. The third-order valence-corrected chi connectivity index (χ3v) is 10.1. The number of halogens is 6. The van der Waals surface area contributed by atoms with Crippen molar-refractivity contribution >= 4 is 52.5 Å². The van der Waals surface area contributed by atoms with Gasteiger partial charge in [0.15, 0.2) is 11.5 Å². The number of nitrogens with zero attached hydrogens (tertiary/aromatic N) is 3. The number of ether oxygens (including phenoxy) is 1. The van der Waals surface area contributed by atoms with Crippen LogP contribution in [0.4, 0.5) is 13.2 Å². The van der Waals surface area contributed by atoms with Crippen molar-refractivity contribution in [3.63, 3.8) is 0 Å². The van der Waals surface area contributed by atoms with Crippen LogP contribution in [0.2, 0.25) is 15.1 Å². The normalized spacial score (nSPS) is 28.7. The largest absolute Gasteiger partial charge is 0.481 e. The Balaban J connectivity index is 1.49. The fourth-order valence-corrected chi connectivity index (χ4v) is 7.73. The first-order valence-electron chi connectivity index (χ1n) is 14.0. The first-order chi connectivity index (χ1) is 20.0. The summed E-state index contributed by atoms with van der Waals surface area (Å²) in [6.45, 7) is 2.81. The van der Waals surface area contributed by atoms with Crippen molar-refractivity contribution in [1.29, 1.82) is 0 Å². The van der Waals surface area contributed by atoms with Gasteiger partial charge in [-0.05, 0) is 77.3 Å². The molecule has 3 heterocycles. The molecule has 1 saturated carbocycles. The molecule has 2 aromatic rings. The second-order valence-corrected chi connectivity index (χ2v) is 13.8. The van der Waals surface area contributed by atoms with Gasteiger partial charge in [-0.15, -0.1) is 0 Å². The number of hydrogen-bond donors (Lipinski definition) is 1. The van der Waals surface area contributed by atoms with Crippen LogP contribution in [0.5, 0.6) is 0 Å². The molecule has 1 amide bonds. The van der Waals surface area contributed by atoms with E-state index in [0.717, 1.165) is 28.6 Å². The summed E-state index contributed by atoms with van der Waals surface area (Å²) in [5, 5.41) is 13.6. The van der Waals surface area contributed by atoms with E-state index in [-0.39, 0.29) is 52.9 Å². The van der Waals surface area contributed by atoms with Gasteiger partial charge in [0.2, 0.25) is 0 Å². The zero-order chi connectivity index (χ0) is 31.5. The van der Waals surface area contributed by atoms with Crippen molar-refractivity contribution in [2.24, 2.45) is 5.41 Å². The summed E-state index contributed by atoms with van der Waals surface area (Å²) in [7, 11) is 0. The molecular weight excluding hydrogens is 634 g/mol. The molecule has 43 heavy (non-hydrogen) atoms. The zero-order valence-corrected chi connectivity index (χ0v) is 25.8. The number of alkyl halides is 3. The van der Waals surface area contributed by atoms with Crippen LogP contribution in [0.15, 0.2) is 18.3 Å². The molecule has 0 atom stereocenters. The third kappa shape index (κ3) is 6.15. The fourth-order valence-electron chi connectivity index (χ4n) is 6.71. The van der Waals surface area contributed by atoms with Crippen LogP contribution in [-0.2, 0) is 15.7 Å². The van der Waals surface area contributed by atoms with Gasteiger partial charge < -0.3 is 14.7 Å². The van der Waals surface area contributed by atoms with Crippen LogP contribution in [-0.4, -0.2) is 61.7 Å². The van der Waals surface area contributed by atoms with Crippen molar-refractivity contribution in [2.45, 2.75) is 88.6 Å². The third-order valence-electron chi connectivity index (χ3n) is 9.28. The quantitative estimate of drug-likeness (QED) is 0.294. The molecule has 3 aliphatic rings. The number of carboxylic acid groups (broad SMARTS) is 1. The predicted molar refractivity (Wildman–Crippen MR) is 153 cm³/mol. The number of rotatable bonds is 8. The van der Waals surface area contributed by atoms with Crippen LogP contribution in [0.3, 0.4) is 0 Å². The number of ketones is 1. The van der Waals surface area contributed by atoms with E-state index in [1.54, 1.807) is 6.92 Å². The predicted octanol–water partition coefficient (Wildman–Crippen LogP) is 7.49. The van der Waals surface area contributed by atoms with E-state index in [9.17, 15) is 32.7 Å². The maximum atomic E-state index is 14.6. The summed E-state index contributed by atoms with van der Waals surface area (Å²) in [4.78, 5) is 40.3. The molecular formula is C29H31Cl3F3N3O5. The van der Waals surface area contributed by atoms with Crippen molar-refractivity contribution in [3.05, 3.63) is 50.2 Å². The van der Waals surface area contributed by atoms with E-state index >= 15 is 0 Å². The van der Waals surface area contributed by atoms with Gasteiger partial charge in [-0.25, -0.2) is 0 Å². The van der Waals surface area contributed by atoms with Gasteiger partial charge in [-0.2, -0.15) is 18.3 Å². The lowest BCUT2D eigenvalue weighted by Gasteiger charge is -2.35. The molecule has 1 N–H and O–H groups in total. The average molecular weight is 665 g/mol. The lowest BCUT2D eigenvalue weighted by atomic mass is 9.74. The van der Waals surface area contributed by atoms with Gasteiger partial charge in [-0.3, -0.25) is 19.1 Å². The molecule has 2 saturated heterocycles. The maximum Gasteiger partial charge on any atom is 0.433 e. The van der Waals surface area contributed by atoms with Gasteiger partial charge in [0, 0.05) is 5.02 Å². The lowest BCUT2D eigenvalue weighted by Crippen LogP contribution is -2.47. The number of aromatic nitrogens is 2. The maximum absolute atomic E-state index is 14.6. The molecule has 5 rings (SSSR count). The topological polar surface area (TPSA) is 102 Å². The molecule has 0 spiro atoms. The molecule has 2 aliphatic heterocycles. The number of fused-ring (bicyclic) bond motifs is 2. The molecule has 14 heteroatoms. The minimum atomic E-state index is -4.96. The van der Waals surface area contributed by atoms with Gasteiger partial charge in [0.05, 0.1) is 63.1 Å². The van der Waals surface area contributed by atoms with Gasteiger partial charge in [0.1, 0.15) is 0 Å². The first-order valence-corrected chi connectivity index (χ1v) is 15.1. The number of Topliss-reactive ketones (excluding diaryl/α,β-unsaturated/α-hetero) is 1. The van der Waals surface area contributed by atoms with Crippen molar-refractivity contribution < 1.29 is 37.4 Å². The molecule has 1 aromatic carbocycles. The monoisotopic (exact) mass is 663 g/mol. The second-order valence-electron chi connectivity index (χ2n) is 12.5. The SMILES string of the molecule is CC1(C(=O)O)CCC(n2ncc(C(=O)N(CC(=O)c3c(Cl)cc(Cl)cc3Cl)C[C@]34CC[C@@](C)(CC3)O4)c2C(F)(F)F)CC1. The number of carboxylic acids is 1. The van der Waals surface area contributed by atoms with Gasteiger partial charge in [-0.1, -0.05) is 34.8 Å². The molecule has 0 unspecified atom stereocenters. The minimum Gasteiger partial charge on any atom is -0.481 e. The van der Waals surface area contributed by atoms with E-state index in [1.165, 1.54) is 12.1 Å². The minimum absolute atomic E-state index is 0.0481. The van der Waals surface area contributed by atoms with Crippen LogP contribution in [0.1, 0.15) is 97.7 Å². The Hall–Kier alpha value is -2.34. The standard InChI is InChI=1S/C29H31Cl3F3N3O5/c1-26(25(41)42)5-3-17(4-6-26)38-23(29(33,34)35)18(13-36-38)24(40)37(15-28-9-7-27(2,43-28)8-10-28)14-21(39)22-19(31)11-16(30)12-20(22)32/h11-13,17H,3-10,14-15H2,1-2H3,(H,41,42)/t17?,26?,27-,28-. The van der Waals surface area contributed by atoms with Crippen molar-refractivity contribution in [2.75, 3.05) is 13.1 Å². The summed E-state index contributed by atoms with van der Waals surface area (Å²) in [6.07, 6.45) is -0.854. The van der Waals surface area contributed by atoms with Crippen LogP contribution < -0.4 is 0 Å². The highest BCUT2D eigenvalue weighted by atomic mass is 35.5. The Bertz CT molecular complexity index is 1440. The van der Waals surface area contributed by atoms with E-state index in [4.69, 9.17) is 39.5 Å². The number of benzene rings is 1. The van der Waals surface area contributed by atoms with Crippen molar-refractivity contribution in [3.8, 4) is 0 Å². The Morgan fingerprint density at radius 1 is 1.05 bits per heavy atom. The highest BCUT2D eigenvalue weighted by Crippen LogP contribution is 2.51. The molecule has 234 valence electrons. The number of carbonyl (C=O) groups is 3. The molecule has 2 bridgehead atoms. The number of aliphatic carboxylic acids is 1. The number of carbonyl (C=O) groups excluding carboxylic acids is 2. The van der Waals surface area contributed by atoms with Gasteiger partial charge in [0.25, 0.3) is 5.91 Å². The zero-order valence-electron chi connectivity index (χ0n) is 23.6. The Morgan fingerprint density at radius 3 is 2.12 bits per heavy atom. The van der Waals surface area contributed by atoms with Gasteiger partial charge >= 0.3 is 12.1 Å². The number of amides is 1. The molecule has 1 aromatic heterocycles. The van der Waals surface area contributed by atoms with E-state index in [2.05, 4.69) is 5.10 Å². The van der Waals surface area contributed by atoms with Crippen LogP contribution in [0, 0.1) is 5.41 Å². The summed E-state index contributed by atoms with van der Waals surface area (Å²) in [6, 6.07) is 1.89. The molecule has 0 radical (unpaired) electrons. The summed E-state index contributed by atoms with van der Waals surface area (Å²) >= 11 is 18.5. The first kappa shape index (κ1) is 32.1. The van der Waals surface area contributed by atoms with E-state index in [1.807, 2.05) is 6.92 Å². The Morgan fingerprint density at radius 2 is 1.63 bits per heavy atom. The summed E-state index contributed by atoms with van der Waals surface area (Å²) < 4.78 is 50.9. The smallest absolute Gasteiger partial charge is 0.433 e. The van der Waals surface area contributed by atoms with E-state index in [0.29, 0.717) is 12.8 Å². The fraction of sp³-hybridized carbons (Fsp3) is 0.586. The molecule has 8 nitrogen and oxygen atoms in total. The highest BCUT2D eigenvalue weighted by molar-refractivity contribution is 6.42. The average Bonchev–Trinajstić information content (AvgIpc) is 3.58. The Kier molecular flexibility index (Phi) is 8.37. The molecule has 1 aliphatic carbocycles. The van der Waals surface area contributed by atoms with Crippen molar-refractivity contribution in [1.82, 2.24) is 14.7 Å². The second kappa shape index (κ2) is 11.2. The van der Waals surface area contributed by atoms with E-state index < -0.39 is 64.3 Å². The molecule has 3 fully saturated rings. The highest BCUT2D eigenvalue weighted by Gasteiger charge is 2.54. The Labute approximate surface area is 261 Å².